The topological polar surface area (TPSA) is 52.6 Å². The maximum atomic E-state index is 12.1. The number of rotatable bonds is 4. The van der Waals surface area contributed by atoms with E-state index in [4.69, 9.17) is 13.7 Å². The van der Waals surface area contributed by atoms with E-state index in [0.29, 0.717) is 0 Å². The molecular weight excluding hydrogens is 208 g/mol. The van der Waals surface area contributed by atoms with Crippen molar-refractivity contribution < 1.29 is 32.8 Å². The van der Waals surface area contributed by atoms with Crippen LogP contribution >= 0.6 is 0 Å². The summed E-state index contributed by atoms with van der Waals surface area (Å²) in [7, 11) is 0. The summed E-state index contributed by atoms with van der Waals surface area (Å²) in [6.07, 6.45) is 0. The van der Waals surface area contributed by atoms with Crippen LogP contribution in [0.25, 0.3) is 0 Å². The van der Waals surface area contributed by atoms with Gasteiger partial charge in [0, 0.05) is 8.22 Å². The average molecular weight is 232 g/mol. The van der Waals surface area contributed by atoms with Crippen LogP contribution < -0.4 is 0 Å². The molecule has 4 nitrogen and oxygen atoms in total. The molecular formula is C12H14O4. The Morgan fingerprint density at radius 2 is 1.56 bits per heavy atom. The first kappa shape index (κ1) is 4.20. The molecule has 0 atom stereocenters. The van der Waals surface area contributed by atoms with Crippen molar-refractivity contribution in [2.24, 2.45) is 0 Å². The summed E-state index contributed by atoms with van der Waals surface area (Å²) in [6, 6.07) is 4.46. The van der Waals surface area contributed by atoms with Gasteiger partial charge in [-0.05, 0) is 25.8 Å². The Morgan fingerprint density at radius 3 is 1.94 bits per heavy atom. The maximum Gasteiger partial charge on any atom is 0.338 e. The summed E-state index contributed by atoms with van der Waals surface area (Å²) in [5.41, 5.74) is -1.24. The molecule has 0 aliphatic rings. The van der Waals surface area contributed by atoms with Gasteiger partial charge in [0.2, 0.25) is 0 Å². The highest BCUT2D eigenvalue weighted by Gasteiger charge is 2.17. The summed E-state index contributed by atoms with van der Waals surface area (Å²) in [5, 5.41) is 0. The molecule has 0 amide bonds. The number of benzene rings is 1. The zero-order valence-corrected chi connectivity index (χ0v) is 7.94. The molecule has 86 valence electrons. The third-order valence-electron chi connectivity index (χ3n) is 1.65. The van der Waals surface area contributed by atoms with Crippen molar-refractivity contribution in [3.63, 3.8) is 0 Å². The van der Waals surface area contributed by atoms with Crippen LogP contribution in [0, 0.1) is 0 Å². The lowest BCUT2D eigenvalue weighted by Gasteiger charge is -2.07. The average Bonchev–Trinajstić information content (AvgIpc) is 2.43. The molecule has 0 aliphatic carbocycles. The van der Waals surface area contributed by atoms with Gasteiger partial charge < -0.3 is 9.47 Å². The largest absolute Gasteiger partial charge is 0.462 e. The molecule has 4 heteroatoms. The maximum absolute atomic E-state index is 12.1. The van der Waals surface area contributed by atoms with E-state index in [1.165, 1.54) is 12.1 Å². The molecule has 16 heavy (non-hydrogen) atoms. The van der Waals surface area contributed by atoms with E-state index in [1.807, 2.05) is 0 Å². The fourth-order valence-electron chi connectivity index (χ4n) is 1.04. The zero-order valence-electron chi connectivity index (χ0n) is 17.9. The lowest BCUT2D eigenvalue weighted by atomic mass is 10.1. The standard InChI is InChI=1S/C12H14O4/c1-3-15-11(13)9-7-5-6-8-10(9)12(14)16-4-2/h5-8H,3-4H2,1-2H3/i1D3,2D3,3D2,4D2. The highest BCUT2D eigenvalue weighted by Crippen LogP contribution is 2.11. The molecule has 0 heterocycles. The molecule has 1 aromatic carbocycles. The number of carbonyl (C=O) groups excluding carboxylic acids is 2. The highest BCUT2D eigenvalue weighted by atomic mass is 16.5. The molecule has 0 unspecified atom stereocenters. The van der Waals surface area contributed by atoms with Crippen molar-refractivity contribution in [2.75, 3.05) is 13.1 Å². The number of ether oxygens (including phenoxy) is 2. The van der Waals surface area contributed by atoms with Crippen molar-refractivity contribution in [1.29, 1.82) is 0 Å². The minimum atomic E-state index is -3.35. The third-order valence-corrected chi connectivity index (χ3v) is 1.65. The molecule has 0 aromatic heterocycles. The van der Waals surface area contributed by atoms with Gasteiger partial charge in [-0.2, -0.15) is 0 Å². The normalized spacial score (nSPS) is 22.2. The fourth-order valence-corrected chi connectivity index (χ4v) is 1.04. The van der Waals surface area contributed by atoms with Crippen molar-refractivity contribution in [3.8, 4) is 0 Å². The van der Waals surface area contributed by atoms with E-state index in [1.54, 1.807) is 0 Å². The lowest BCUT2D eigenvalue weighted by Crippen LogP contribution is -2.13. The predicted octanol–water partition coefficient (Wildman–Crippen LogP) is 2.04. The smallest absolute Gasteiger partial charge is 0.338 e. The van der Waals surface area contributed by atoms with Crippen LogP contribution in [0.1, 0.15) is 48.1 Å². The number of carbonyl (C=O) groups is 2. The quantitative estimate of drug-likeness (QED) is 0.745. The van der Waals surface area contributed by atoms with Crippen LogP contribution in [0.5, 0.6) is 0 Å². The number of hydrogen-bond acceptors (Lipinski definition) is 4. The van der Waals surface area contributed by atoms with Crippen LogP contribution in [-0.2, 0) is 9.47 Å². The molecule has 0 saturated carbocycles. The Labute approximate surface area is 108 Å². The summed E-state index contributed by atoms with van der Waals surface area (Å²) in [6.45, 7) is -13.3. The second-order valence-electron chi connectivity index (χ2n) is 2.53. The predicted molar refractivity (Wildman–Crippen MR) is 58.4 cm³/mol. The van der Waals surface area contributed by atoms with Crippen molar-refractivity contribution in [1.82, 2.24) is 0 Å². The summed E-state index contributed by atoms with van der Waals surface area (Å²) < 4.78 is 79.6. The second-order valence-corrected chi connectivity index (χ2v) is 2.53. The zero-order chi connectivity index (χ0) is 20.6. The molecule has 0 fully saturated rings. The molecule has 1 rings (SSSR count). The van der Waals surface area contributed by atoms with Gasteiger partial charge in [-0.3, -0.25) is 0 Å². The SMILES string of the molecule is [2H]C([2H])([2H])C([2H])([2H])OC(=O)c1ccccc1C(=O)OC([2H])([2H])C([2H])([2H])[2H]. The third kappa shape index (κ3) is 2.82. The molecule has 0 spiro atoms. The van der Waals surface area contributed by atoms with Crippen molar-refractivity contribution in [3.05, 3.63) is 35.4 Å². The van der Waals surface area contributed by atoms with Crippen LogP contribution in [0.4, 0.5) is 0 Å². The molecule has 0 bridgehead atoms. The Balaban J connectivity index is 3.16. The van der Waals surface area contributed by atoms with Crippen LogP contribution in [0.15, 0.2) is 24.3 Å². The summed E-state index contributed by atoms with van der Waals surface area (Å²) >= 11 is 0. The van der Waals surface area contributed by atoms with Gasteiger partial charge in [-0.25, -0.2) is 9.59 Å². The van der Waals surface area contributed by atoms with Crippen molar-refractivity contribution >= 4 is 11.9 Å². The summed E-state index contributed by atoms with van der Waals surface area (Å²) in [5.74, 6) is -3.04. The van der Waals surface area contributed by atoms with E-state index in [-0.39, 0.29) is 0 Å². The monoisotopic (exact) mass is 232 g/mol. The first-order chi connectivity index (χ1) is 11.5. The first-order valence-corrected chi connectivity index (χ1v) is 4.05. The van der Waals surface area contributed by atoms with Gasteiger partial charge in [0.05, 0.1) is 29.7 Å². The van der Waals surface area contributed by atoms with Gasteiger partial charge in [-0.1, -0.05) is 12.1 Å². The Morgan fingerprint density at radius 1 is 1.12 bits per heavy atom. The highest BCUT2D eigenvalue weighted by molar-refractivity contribution is 6.03. The van der Waals surface area contributed by atoms with E-state index < -0.39 is 49.9 Å². The van der Waals surface area contributed by atoms with Crippen LogP contribution in [-0.4, -0.2) is 25.1 Å². The van der Waals surface area contributed by atoms with Gasteiger partial charge in [0.15, 0.2) is 0 Å². The van der Waals surface area contributed by atoms with E-state index in [9.17, 15) is 9.59 Å². The number of esters is 2. The minimum absolute atomic E-state index is 0.619. The van der Waals surface area contributed by atoms with Gasteiger partial charge in [0.1, 0.15) is 0 Å². The molecule has 0 N–H and O–H groups in total. The Kier molecular flexibility index (Phi) is 1.55. The molecule has 1 aromatic rings. The Hall–Kier alpha value is -1.84. The molecule has 0 saturated heterocycles. The lowest BCUT2D eigenvalue weighted by molar-refractivity contribution is 0.0479. The van der Waals surface area contributed by atoms with Crippen molar-refractivity contribution in [2.45, 2.75) is 13.7 Å². The van der Waals surface area contributed by atoms with Gasteiger partial charge in [0.25, 0.3) is 0 Å². The molecule has 0 aliphatic heterocycles. The van der Waals surface area contributed by atoms with Gasteiger partial charge in [-0.15, -0.1) is 0 Å². The summed E-state index contributed by atoms with van der Waals surface area (Å²) in [4.78, 5) is 24.1. The molecule has 0 radical (unpaired) electrons. The van der Waals surface area contributed by atoms with Gasteiger partial charge >= 0.3 is 11.9 Å². The van der Waals surface area contributed by atoms with Crippen LogP contribution in [0.3, 0.4) is 0 Å². The van der Waals surface area contributed by atoms with E-state index in [0.717, 1.165) is 12.1 Å². The fraction of sp³-hybridized carbons (Fsp3) is 0.333. The first-order valence-electron chi connectivity index (χ1n) is 9.05. The van der Waals surface area contributed by atoms with E-state index >= 15 is 0 Å². The Bertz CT molecular complexity index is 633. The second kappa shape index (κ2) is 5.90. The minimum Gasteiger partial charge on any atom is -0.462 e. The number of hydrogen-bond donors (Lipinski definition) is 0. The van der Waals surface area contributed by atoms with E-state index in [2.05, 4.69) is 9.47 Å². The van der Waals surface area contributed by atoms with Crippen LogP contribution in [0.2, 0.25) is 0 Å².